The lowest BCUT2D eigenvalue weighted by atomic mass is 10.3. The van der Waals surface area contributed by atoms with Crippen molar-refractivity contribution in [3.8, 4) is 0 Å². The van der Waals surface area contributed by atoms with Crippen molar-refractivity contribution in [2.75, 3.05) is 13.3 Å². The first-order chi connectivity index (χ1) is 9.82. The first kappa shape index (κ1) is 16.1. The highest BCUT2D eigenvalue weighted by atomic mass is 32.2. The molecule has 2 aromatic rings. The van der Waals surface area contributed by atoms with E-state index in [-0.39, 0.29) is 0 Å². The molecule has 0 saturated carbocycles. The molecule has 1 heterocycles. The van der Waals surface area contributed by atoms with E-state index in [0.717, 1.165) is 27.7 Å². The van der Waals surface area contributed by atoms with Crippen molar-refractivity contribution in [2.24, 2.45) is 7.05 Å². The Labute approximate surface area is 129 Å². The number of benzene rings is 1. The van der Waals surface area contributed by atoms with E-state index in [2.05, 4.69) is 10.4 Å². The van der Waals surface area contributed by atoms with Crippen molar-refractivity contribution in [1.82, 2.24) is 15.1 Å². The quantitative estimate of drug-likeness (QED) is 0.911. The van der Waals surface area contributed by atoms with E-state index in [1.165, 1.54) is 6.26 Å². The molecule has 21 heavy (non-hydrogen) atoms. The van der Waals surface area contributed by atoms with E-state index in [1.807, 2.05) is 37.8 Å². The molecular formula is C14H19N3O2S2. The summed E-state index contributed by atoms with van der Waals surface area (Å²) < 4.78 is 24.8. The van der Waals surface area contributed by atoms with Crippen molar-refractivity contribution in [3.05, 3.63) is 35.5 Å². The third-order valence-electron chi connectivity index (χ3n) is 3.11. The molecule has 0 bridgehead atoms. The van der Waals surface area contributed by atoms with Gasteiger partial charge in [-0.25, -0.2) is 8.42 Å². The van der Waals surface area contributed by atoms with Crippen LogP contribution in [-0.2, 0) is 23.4 Å². The lowest BCUT2D eigenvalue weighted by Crippen LogP contribution is -2.06. The van der Waals surface area contributed by atoms with Crippen LogP contribution >= 0.6 is 11.8 Å². The summed E-state index contributed by atoms with van der Waals surface area (Å²) in [5.41, 5.74) is 2.17. The van der Waals surface area contributed by atoms with Gasteiger partial charge in [0.15, 0.2) is 9.84 Å². The first-order valence-electron chi connectivity index (χ1n) is 6.48. The largest absolute Gasteiger partial charge is 0.316 e. The van der Waals surface area contributed by atoms with Gasteiger partial charge in [0.2, 0.25) is 0 Å². The molecule has 0 aliphatic carbocycles. The molecule has 0 aliphatic heterocycles. The van der Waals surface area contributed by atoms with Crippen LogP contribution in [0, 0.1) is 6.92 Å². The van der Waals surface area contributed by atoms with Gasteiger partial charge in [-0.15, -0.1) is 0 Å². The molecule has 114 valence electrons. The highest BCUT2D eigenvalue weighted by molar-refractivity contribution is 7.99. The van der Waals surface area contributed by atoms with Gasteiger partial charge < -0.3 is 5.32 Å². The second-order valence-electron chi connectivity index (χ2n) is 4.87. The van der Waals surface area contributed by atoms with E-state index >= 15 is 0 Å². The van der Waals surface area contributed by atoms with E-state index in [9.17, 15) is 8.42 Å². The monoisotopic (exact) mass is 325 g/mol. The normalized spacial score (nSPS) is 11.8. The molecule has 7 heteroatoms. The number of nitrogens with one attached hydrogen (secondary N) is 1. The molecule has 1 aromatic carbocycles. The Morgan fingerprint density at radius 3 is 2.43 bits per heavy atom. The predicted molar refractivity (Wildman–Crippen MR) is 84.4 cm³/mol. The van der Waals surface area contributed by atoms with Gasteiger partial charge >= 0.3 is 0 Å². The van der Waals surface area contributed by atoms with Gasteiger partial charge in [0, 0.05) is 30.3 Å². The number of nitrogens with zero attached hydrogens (tertiary/aromatic N) is 2. The SMILES string of the molecule is CNCc1c(C)nn(C)c1Sc1ccc(S(C)(=O)=O)cc1. The Bertz CT molecular complexity index is 734. The summed E-state index contributed by atoms with van der Waals surface area (Å²) in [4.78, 5) is 1.33. The fourth-order valence-corrected chi connectivity index (χ4v) is 3.70. The van der Waals surface area contributed by atoms with Crippen LogP contribution in [-0.4, -0.2) is 31.5 Å². The first-order valence-corrected chi connectivity index (χ1v) is 9.18. The minimum atomic E-state index is -3.15. The van der Waals surface area contributed by atoms with Gasteiger partial charge in [0.25, 0.3) is 0 Å². The van der Waals surface area contributed by atoms with Crippen molar-refractivity contribution < 1.29 is 8.42 Å². The number of aryl methyl sites for hydroxylation is 2. The van der Waals surface area contributed by atoms with Crippen LogP contribution < -0.4 is 5.32 Å². The Balaban J connectivity index is 2.30. The Morgan fingerprint density at radius 1 is 1.29 bits per heavy atom. The fourth-order valence-electron chi connectivity index (χ4n) is 2.06. The maximum absolute atomic E-state index is 11.5. The third-order valence-corrected chi connectivity index (χ3v) is 5.45. The summed E-state index contributed by atoms with van der Waals surface area (Å²) in [5, 5.41) is 8.65. The smallest absolute Gasteiger partial charge is 0.175 e. The molecule has 1 aromatic heterocycles. The summed E-state index contributed by atoms with van der Waals surface area (Å²) in [6.45, 7) is 2.74. The Morgan fingerprint density at radius 2 is 1.90 bits per heavy atom. The summed E-state index contributed by atoms with van der Waals surface area (Å²) in [6.07, 6.45) is 1.21. The summed E-state index contributed by atoms with van der Waals surface area (Å²) in [6, 6.07) is 6.93. The van der Waals surface area contributed by atoms with Gasteiger partial charge in [-0.05, 0) is 38.2 Å². The zero-order valence-electron chi connectivity index (χ0n) is 12.5. The van der Waals surface area contributed by atoms with Gasteiger partial charge in [0.05, 0.1) is 10.6 Å². The van der Waals surface area contributed by atoms with Crippen LogP contribution in [0.2, 0.25) is 0 Å². The third kappa shape index (κ3) is 3.66. The van der Waals surface area contributed by atoms with Crippen molar-refractivity contribution in [2.45, 2.75) is 28.3 Å². The minimum Gasteiger partial charge on any atom is -0.316 e. The fraction of sp³-hybridized carbons (Fsp3) is 0.357. The van der Waals surface area contributed by atoms with E-state index in [0.29, 0.717) is 4.90 Å². The Kier molecular flexibility index (Phi) is 4.75. The number of hydrogen-bond acceptors (Lipinski definition) is 5. The molecule has 2 rings (SSSR count). The average molecular weight is 325 g/mol. The van der Waals surface area contributed by atoms with E-state index in [1.54, 1.807) is 23.9 Å². The van der Waals surface area contributed by atoms with Crippen LogP contribution in [0.25, 0.3) is 0 Å². The van der Waals surface area contributed by atoms with Gasteiger partial charge in [0.1, 0.15) is 5.03 Å². The summed E-state index contributed by atoms with van der Waals surface area (Å²) >= 11 is 1.59. The van der Waals surface area contributed by atoms with Crippen molar-refractivity contribution in [1.29, 1.82) is 0 Å². The summed E-state index contributed by atoms with van der Waals surface area (Å²) in [5.74, 6) is 0. The zero-order chi connectivity index (χ0) is 15.6. The van der Waals surface area contributed by atoms with Gasteiger partial charge in [-0.2, -0.15) is 5.10 Å². The second-order valence-corrected chi connectivity index (χ2v) is 7.95. The molecule has 0 unspecified atom stereocenters. The number of sulfone groups is 1. The molecule has 0 radical (unpaired) electrons. The second kappa shape index (κ2) is 6.21. The van der Waals surface area contributed by atoms with Crippen LogP contribution in [0.15, 0.2) is 39.1 Å². The molecule has 0 saturated heterocycles. The maximum Gasteiger partial charge on any atom is 0.175 e. The molecule has 0 atom stereocenters. The van der Waals surface area contributed by atoms with Crippen molar-refractivity contribution in [3.63, 3.8) is 0 Å². The van der Waals surface area contributed by atoms with Crippen LogP contribution in [0.3, 0.4) is 0 Å². The van der Waals surface area contributed by atoms with E-state index < -0.39 is 9.84 Å². The number of rotatable bonds is 5. The van der Waals surface area contributed by atoms with Crippen LogP contribution in [0.5, 0.6) is 0 Å². The topological polar surface area (TPSA) is 64.0 Å². The number of aromatic nitrogens is 2. The maximum atomic E-state index is 11.5. The highest BCUT2D eigenvalue weighted by Crippen LogP contribution is 2.32. The lowest BCUT2D eigenvalue weighted by Gasteiger charge is -2.07. The Hall–Kier alpha value is -1.31. The lowest BCUT2D eigenvalue weighted by molar-refractivity contribution is 0.602. The zero-order valence-corrected chi connectivity index (χ0v) is 14.2. The van der Waals surface area contributed by atoms with Crippen LogP contribution in [0.1, 0.15) is 11.3 Å². The highest BCUT2D eigenvalue weighted by Gasteiger charge is 2.14. The minimum absolute atomic E-state index is 0.337. The van der Waals surface area contributed by atoms with Gasteiger partial charge in [-0.3, -0.25) is 4.68 Å². The predicted octanol–water partition coefficient (Wildman–Crippen LogP) is 2.00. The van der Waals surface area contributed by atoms with Crippen molar-refractivity contribution >= 4 is 21.6 Å². The number of hydrogen-bond donors (Lipinski definition) is 1. The molecule has 5 nitrogen and oxygen atoms in total. The van der Waals surface area contributed by atoms with E-state index in [4.69, 9.17) is 0 Å². The molecular weight excluding hydrogens is 306 g/mol. The molecule has 0 amide bonds. The van der Waals surface area contributed by atoms with Crippen LogP contribution in [0.4, 0.5) is 0 Å². The molecule has 0 spiro atoms. The van der Waals surface area contributed by atoms with Gasteiger partial charge in [-0.1, -0.05) is 11.8 Å². The summed E-state index contributed by atoms with van der Waals surface area (Å²) in [7, 11) is 0.671. The molecule has 0 aliphatic rings. The average Bonchev–Trinajstić information content (AvgIpc) is 2.66. The molecule has 1 N–H and O–H groups in total. The molecule has 0 fully saturated rings. The standard InChI is InChI=1S/C14H19N3O2S2/c1-10-13(9-15-2)14(17(3)16-10)20-11-5-7-12(8-6-11)21(4,18)19/h5-8,15H,9H2,1-4H3.